The molecule has 29 heavy (non-hydrogen) atoms. The highest BCUT2D eigenvalue weighted by molar-refractivity contribution is 5.34. The lowest BCUT2D eigenvalue weighted by Crippen LogP contribution is -2.52. The molecular formula is C27H42N2. The molecule has 1 fully saturated rings. The fourth-order valence-corrected chi connectivity index (χ4v) is 6.17. The molecule has 160 valence electrons. The lowest BCUT2D eigenvalue weighted by Gasteiger charge is -2.51. The van der Waals surface area contributed by atoms with Gasteiger partial charge in [0, 0.05) is 41.9 Å². The largest absolute Gasteiger partial charge is 0.330 e. The van der Waals surface area contributed by atoms with Gasteiger partial charge < -0.3 is 5.73 Å². The molecule has 4 rings (SSSR count). The molecule has 0 radical (unpaired) electrons. The summed E-state index contributed by atoms with van der Waals surface area (Å²) in [5.41, 5.74) is 10.1. The van der Waals surface area contributed by atoms with Crippen molar-refractivity contribution in [2.24, 2.45) is 16.6 Å². The number of benzene rings is 1. The van der Waals surface area contributed by atoms with Crippen LogP contribution >= 0.6 is 0 Å². The zero-order valence-corrected chi connectivity index (χ0v) is 19.4. The van der Waals surface area contributed by atoms with Crippen molar-refractivity contribution in [2.75, 3.05) is 19.6 Å². The number of hydrogen-bond donors (Lipinski definition) is 1. The van der Waals surface area contributed by atoms with Crippen molar-refractivity contribution in [3.05, 3.63) is 59.7 Å². The topological polar surface area (TPSA) is 29.3 Å². The summed E-state index contributed by atoms with van der Waals surface area (Å²) >= 11 is 0. The Morgan fingerprint density at radius 3 is 2.31 bits per heavy atom. The SMILES string of the molecule is CC.CC1(C)C=CCC2(C)CN(C3CCC(CN)(c4ccccc4)CC3)CC=C12. The van der Waals surface area contributed by atoms with Gasteiger partial charge in [0.25, 0.3) is 0 Å². The highest BCUT2D eigenvalue weighted by Crippen LogP contribution is 2.50. The van der Waals surface area contributed by atoms with Crippen LogP contribution in [0.4, 0.5) is 0 Å². The Morgan fingerprint density at radius 1 is 1.03 bits per heavy atom. The molecule has 1 atom stereocenters. The van der Waals surface area contributed by atoms with Gasteiger partial charge in [-0.05, 0) is 37.7 Å². The molecule has 0 bridgehead atoms. The summed E-state index contributed by atoms with van der Waals surface area (Å²) in [7, 11) is 0. The van der Waals surface area contributed by atoms with Crippen molar-refractivity contribution in [2.45, 2.75) is 78.2 Å². The van der Waals surface area contributed by atoms with Gasteiger partial charge in [-0.1, -0.05) is 88.8 Å². The normalized spacial score (nSPS) is 33.9. The van der Waals surface area contributed by atoms with Crippen LogP contribution in [-0.4, -0.2) is 30.6 Å². The molecule has 2 N–H and O–H groups in total. The summed E-state index contributed by atoms with van der Waals surface area (Å²) in [5, 5.41) is 0. The molecule has 1 aromatic rings. The first-order chi connectivity index (χ1) is 13.9. The minimum absolute atomic E-state index is 0.189. The Labute approximate surface area is 179 Å². The molecule has 3 aliphatic rings. The zero-order chi connectivity index (χ0) is 21.1. The molecule has 1 aliphatic heterocycles. The maximum atomic E-state index is 6.30. The predicted molar refractivity (Wildman–Crippen MR) is 126 cm³/mol. The second-order valence-corrected chi connectivity index (χ2v) is 10.0. The van der Waals surface area contributed by atoms with E-state index < -0.39 is 0 Å². The molecule has 2 aliphatic carbocycles. The molecule has 1 aromatic carbocycles. The summed E-state index contributed by atoms with van der Waals surface area (Å²) in [5.74, 6) is 0. The standard InChI is InChI=1S/C25H36N2.C2H6/c1-23(2)13-7-14-24(3)19-27(17-12-22(23)24)21-10-15-25(18-26,16-11-21)20-8-5-4-6-9-20;1-2/h4-9,12-13,21H,10-11,14-19,26H2,1-3H3;1-2H3. The van der Waals surface area contributed by atoms with Gasteiger partial charge in [0.2, 0.25) is 0 Å². The van der Waals surface area contributed by atoms with Crippen LogP contribution in [0.3, 0.4) is 0 Å². The number of rotatable bonds is 3. The van der Waals surface area contributed by atoms with Crippen LogP contribution in [0.25, 0.3) is 0 Å². The molecule has 1 unspecified atom stereocenters. The first-order valence-corrected chi connectivity index (χ1v) is 11.8. The third kappa shape index (κ3) is 4.25. The quantitative estimate of drug-likeness (QED) is 0.629. The van der Waals surface area contributed by atoms with Crippen LogP contribution < -0.4 is 5.73 Å². The molecule has 2 heteroatoms. The highest BCUT2D eigenvalue weighted by Gasteiger charge is 2.44. The molecule has 0 saturated heterocycles. The second kappa shape index (κ2) is 8.78. The third-order valence-corrected chi connectivity index (χ3v) is 7.73. The van der Waals surface area contributed by atoms with Crippen LogP contribution in [-0.2, 0) is 5.41 Å². The molecule has 0 amide bonds. The van der Waals surface area contributed by atoms with E-state index in [-0.39, 0.29) is 10.8 Å². The number of nitrogens with two attached hydrogens (primary N) is 1. The lowest BCUT2D eigenvalue weighted by molar-refractivity contribution is 0.0828. The smallest absolute Gasteiger partial charge is 0.0169 e. The van der Waals surface area contributed by atoms with Gasteiger partial charge in [-0.15, -0.1) is 0 Å². The molecule has 1 saturated carbocycles. The molecule has 1 heterocycles. The van der Waals surface area contributed by atoms with Crippen LogP contribution in [0, 0.1) is 10.8 Å². The van der Waals surface area contributed by atoms with Gasteiger partial charge in [0.1, 0.15) is 0 Å². The van der Waals surface area contributed by atoms with Crippen molar-refractivity contribution >= 4 is 0 Å². The maximum Gasteiger partial charge on any atom is 0.0169 e. The Hall–Kier alpha value is -1.38. The second-order valence-electron chi connectivity index (χ2n) is 10.0. The van der Waals surface area contributed by atoms with Gasteiger partial charge in [0.05, 0.1) is 0 Å². The van der Waals surface area contributed by atoms with E-state index in [2.05, 4.69) is 74.2 Å². The minimum Gasteiger partial charge on any atom is -0.330 e. The Kier molecular flexibility index (Phi) is 6.75. The first-order valence-electron chi connectivity index (χ1n) is 11.8. The van der Waals surface area contributed by atoms with Gasteiger partial charge in [-0.25, -0.2) is 0 Å². The van der Waals surface area contributed by atoms with Crippen LogP contribution in [0.5, 0.6) is 0 Å². The van der Waals surface area contributed by atoms with Crippen molar-refractivity contribution in [1.29, 1.82) is 0 Å². The van der Waals surface area contributed by atoms with Crippen molar-refractivity contribution < 1.29 is 0 Å². The average molecular weight is 395 g/mol. The van der Waals surface area contributed by atoms with E-state index in [4.69, 9.17) is 5.73 Å². The number of nitrogens with zero attached hydrogens (tertiary/aromatic N) is 1. The molecular weight excluding hydrogens is 352 g/mol. The van der Waals surface area contributed by atoms with Crippen molar-refractivity contribution in [3.8, 4) is 0 Å². The van der Waals surface area contributed by atoms with Crippen molar-refractivity contribution in [3.63, 3.8) is 0 Å². The Morgan fingerprint density at radius 2 is 1.69 bits per heavy atom. The molecule has 0 aromatic heterocycles. The van der Waals surface area contributed by atoms with E-state index in [0.29, 0.717) is 11.5 Å². The summed E-state index contributed by atoms with van der Waals surface area (Å²) in [6.45, 7) is 14.3. The number of fused-ring (bicyclic) bond motifs is 1. The third-order valence-electron chi connectivity index (χ3n) is 7.73. The van der Waals surface area contributed by atoms with Crippen LogP contribution in [0.15, 0.2) is 54.1 Å². The van der Waals surface area contributed by atoms with E-state index in [9.17, 15) is 0 Å². The van der Waals surface area contributed by atoms with Crippen molar-refractivity contribution in [1.82, 2.24) is 4.90 Å². The molecule has 0 spiro atoms. The summed E-state index contributed by atoms with van der Waals surface area (Å²) in [4.78, 5) is 2.77. The molecule has 2 nitrogen and oxygen atoms in total. The summed E-state index contributed by atoms with van der Waals surface area (Å²) in [6, 6.07) is 11.7. The van der Waals surface area contributed by atoms with E-state index in [1.807, 2.05) is 13.8 Å². The van der Waals surface area contributed by atoms with Crippen LogP contribution in [0.2, 0.25) is 0 Å². The van der Waals surface area contributed by atoms with E-state index in [1.54, 1.807) is 5.57 Å². The highest BCUT2D eigenvalue weighted by atomic mass is 15.2. The van der Waals surface area contributed by atoms with Gasteiger partial charge >= 0.3 is 0 Å². The summed E-state index contributed by atoms with van der Waals surface area (Å²) < 4.78 is 0. The number of hydrogen-bond acceptors (Lipinski definition) is 2. The van der Waals surface area contributed by atoms with Gasteiger partial charge in [-0.2, -0.15) is 0 Å². The lowest BCUT2D eigenvalue weighted by atomic mass is 9.62. The van der Waals surface area contributed by atoms with E-state index in [1.165, 1.54) is 44.2 Å². The van der Waals surface area contributed by atoms with E-state index in [0.717, 1.165) is 13.1 Å². The van der Waals surface area contributed by atoms with Crippen LogP contribution in [0.1, 0.15) is 72.3 Å². The Balaban J connectivity index is 0.00000117. The maximum absolute atomic E-state index is 6.30. The fourth-order valence-electron chi connectivity index (χ4n) is 6.17. The average Bonchev–Trinajstić information content (AvgIpc) is 2.75. The Bertz CT molecular complexity index is 722. The zero-order valence-electron chi connectivity index (χ0n) is 19.4. The fraction of sp³-hybridized carbons (Fsp3) is 0.630. The first kappa shape index (κ1) is 22.3. The van der Waals surface area contributed by atoms with Gasteiger partial charge in [-0.3, -0.25) is 4.90 Å². The number of allylic oxidation sites excluding steroid dienone is 2. The van der Waals surface area contributed by atoms with E-state index >= 15 is 0 Å². The van der Waals surface area contributed by atoms with Gasteiger partial charge in [0.15, 0.2) is 0 Å². The minimum atomic E-state index is 0.189. The predicted octanol–water partition coefficient (Wildman–Crippen LogP) is 6.09. The summed E-state index contributed by atoms with van der Waals surface area (Å²) in [6.07, 6.45) is 13.5. The monoisotopic (exact) mass is 394 g/mol.